The van der Waals surface area contributed by atoms with Crippen LogP contribution < -0.4 is 0 Å². The molecule has 0 heterocycles. The highest BCUT2D eigenvalue weighted by molar-refractivity contribution is 9.10. The van der Waals surface area contributed by atoms with Crippen molar-refractivity contribution in [2.75, 3.05) is 0 Å². The Labute approximate surface area is 87.3 Å². The molecule has 0 aliphatic heterocycles. The molecule has 0 spiro atoms. The van der Waals surface area contributed by atoms with Crippen LogP contribution in [0.4, 0.5) is 4.39 Å². The monoisotopic (exact) mass is 264 g/mol. The third-order valence-electron chi connectivity index (χ3n) is 1.25. The Bertz CT molecular complexity index is 302. The molecule has 5 heteroatoms. The van der Waals surface area contributed by atoms with E-state index < -0.39 is 11.5 Å². The van der Waals surface area contributed by atoms with Crippen LogP contribution in [0.5, 0.6) is 0 Å². The van der Waals surface area contributed by atoms with Crippen molar-refractivity contribution in [3.8, 4) is 0 Å². The van der Waals surface area contributed by atoms with Crippen LogP contribution in [0.3, 0.4) is 0 Å². The molecule has 0 saturated heterocycles. The summed E-state index contributed by atoms with van der Waals surface area (Å²) in [6.07, 6.45) is 0. The molecule has 1 atom stereocenters. The van der Waals surface area contributed by atoms with E-state index in [-0.39, 0.29) is 0 Å². The summed E-state index contributed by atoms with van der Waals surface area (Å²) in [4.78, 5) is 10.8. The van der Waals surface area contributed by atoms with Gasteiger partial charge in [-0.15, -0.1) is 0 Å². The van der Waals surface area contributed by atoms with Crippen LogP contribution in [-0.2, 0) is 4.79 Å². The van der Waals surface area contributed by atoms with Gasteiger partial charge in [0.1, 0.15) is 0 Å². The quantitative estimate of drug-likeness (QED) is 0.854. The molecule has 0 aliphatic carbocycles. The Morgan fingerprint density at radius 1 is 1.46 bits per heavy atom. The average Bonchev–Trinajstić information content (AvgIpc) is 2.08. The Hall–Kier alpha value is -0.550. The second-order valence-corrected chi connectivity index (χ2v) is 4.26. The summed E-state index contributed by atoms with van der Waals surface area (Å²) in [5.41, 5.74) is -1.90. The van der Waals surface area contributed by atoms with Crippen LogP contribution in [0.25, 0.3) is 0 Å². The van der Waals surface area contributed by atoms with Gasteiger partial charge in [0, 0.05) is 9.37 Å². The molecule has 0 saturated carbocycles. The summed E-state index contributed by atoms with van der Waals surface area (Å²) in [6, 6.07) is 6.78. The van der Waals surface area contributed by atoms with E-state index in [0.29, 0.717) is 16.7 Å². The van der Waals surface area contributed by atoms with E-state index >= 15 is 0 Å². The van der Waals surface area contributed by atoms with Crippen molar-refractivity contribution in [3.63, 3.8) is 0 Å². The first kappa shape index (κ1) is 10.5. The number of aliphatic carboxylic acids is 1. The molecule has 0 aliphatic rings. The first-order chi connectivity index (χ1) is 6.09. The predicted molar refractivity (Wildman–Crippen MR) is 52.5 cm³/mol. The standard InChI is InChI=1S/C8H6BrFO2S/c9-5-1-3-6(4-2-5)13-7(10)8(11)12/h1-4,7H,(H,11,12). The molecule has 1 rings (SSSR count). The maximum Gasteiger partial charge on any atom is 0.349 e. The van der Waals surface area contributed by atoms with Gasteiger partial charge in [-0.05, 0) is 24.3 Å². The third kappa shape index (κ3) is 3.36. The molecule has 13 heavy (non-hydrogen) atoms. The maximum absolute atomic E-state index is 12.7. The van der Waals surface area contributed by atoms with Crippen molar-refractivity contribution < 1.29 is 14.3 Å². The van der Waals surface area contributed by atoms with Gasteiger partial charge in [-0.3, -0.25) is 0 Å². The fraction of sp³-hybridized carbons (Fsp3) is 0.125. The molecular weight excluding hydrogens is 259 g/mol. The molecule has 1 aromatic carbocycles. The number of carbonyl (C=O) groups is 1. The Balaban J connectivity index is 2.64. The average molecular weight is 265 g/mol. The highest BCUT2D eigenvalue weighted by Crippen LogP contribution is 2.25. The second kappa shape index (κ2) is 4.62. The summed E-state index contributed by atoms with van der Waals surface area (Å²) in [7, 11) is 0. The topological polar surface area (TPSA) is 37.3 Å². The lowest BCUT2D eigenvalue weighted by Crippen LogP contribution is -2.09. The van der Waals surface area contributed by atoms with Gasteiger partial charge in [0.15, 0.2) is 0 Å². The number of carboxylic acids is 1. The smallest absolute Gasteiger partial charge is 0.349 e. The van der Waals surface area contributed by atoms with E-state index in [2.05, 4.69) is 15.9 Å². The first-order valence-corrected chi connectivity index (χ1v) is 5.06. The molecule has 70 valence electrons. The van der Waals surface area contributed by atoms with Gasteiger partial charge < -0.3 is 5.11 Å². The molecule has 1 unspecified atom stereocenters. The van der Waals surface area contributed by atoms with E-state index in [9.17, 15) is 9.18 Å². The minimum Gasteiger partial charge on any atom is -0.478 e. The number of thioether (sulfide) groups is 1. The normalized spacial score (nSPS) is 12.5. The predicted octanol–water partition coefficient (Wildman–Crippen LogP) is 2.92. The van der Waals surface area contributed by atoms with Gasteiger partial charge in [0.05, 0.1) is 0 Å². The van der Waals surface area contributed by atoms with Crippen LogP contribution in [-0.4, -0.2) is 16.6 Å². The van der Waals surface area contributed by atoms with Gasteiger partial charge in [0.2, 0.25) is 5.50 Å². The first-order valence-electron chi connectivity index (χ1n) is 3.38. The van der Waals surface area contributed by atoms with Crippen molar-refractivity contribution in [1.82, 2.24) is 0 Å². The summed E-state index contributed by atoms with van der Waals surface area (Å²) in [6.45, 7) is 0. The van der Waals surface area contributed by atoms with Crippen LogP contribution in [0.15, 0.2) is 33.6 Å². The number of halogens is 2. The molecule has 0 fully saturated rings. The van der Waals surface area contributed by atoms with E-state index in [0.717, 1.165) is 4.47 Å². The van der Waals surface area contributed by atoms with Crippen molar-refractivity contribution >= 4 is 33.7 Å². The van der Waals surface area contributed by atoms with Crippen LogP contribution in [0.1, 0.15) is 0 Å². The minimum atomic E-state index is -1.90. The van der Waals surface area contributed by atoms with Crippen molar-refractivity contribution in [2.45, 2.75) is 10.4 Å². The lowest BCUT2D eigenvalue weighted by Gasteiger charge is -2.02. The fourth-order valence-electron chi connectivity index (χ4n) is 0.683. The van der Waals surface area contributed by atoms with E-state index in [1.54, 1.807) is 24.3 Å². The number of hydrogen-bond donors (Lipinski definition) is 1. The molecule has 0 amide bonds. The summed E-state index contributed by atoms with van der Waals surface area (Å²) < 4.78 is 13.5. The third-order valence-corrected chi connectivity index (χ3v) is 2.73. The van der Waals surface area contributed by atoms with E-state index in [1.165, 1.54) is 0 Å². The van der Waals surface area contributed by atoms with Crippen LogP contribution >= 0.6 is 27.7 Å². The lowest BCUT2D eigenvalue weighted by atomic mass is 10.4. The highest BCUT2D eigenvalue weighted by atomic mass is 79.9. The van der Waals surface area contributed by atoms with Gasteiger partial charge >= 0.3 is 5.97 Å². The summed E-state index contributed by atoms with van der Waals surface area (Å²) >= 11 is 3.89. The van der Waals surface area contributed by atoms with Gasteiger partial charge in [-0.25, -0.2) is 9.18 Å². The van der Waals surface area contributed by atoms with E-state index in [1.807, 2.05) is 0 Å². The number of alkyl halides is 1. The van der Waals surface area contributed by atoms with Crippen LogP contribution in [0.2, 0.25) is 0 Å². The largest absolute Gasteiger partial charge is 0.478 e. The minimum absolute atomic E-state index is 0.595. The van der Waals surface area contributed by atoms with Gasteiger partial charge in [-0.1, -0.05) is 27.7 Å². The summed E-state index contributed by atoms with van der Waals surface area (Å²) in [5.74, 6) is -1.45. The van der Waals surface area contributed by atoms with Gasteiger partial charge in [0.25, 0.3) is 0 Å². The van der Waals surface area contributed by atoms with Crippen molar-refractivity contribution in [2.24, 2.45) is 0 Å². The fourth-order valence-corrected chi connectivity index (χ4v) is 1.58. The van der Waals surface area contributed by atoms with Crippen molar-refractivity contribution in [3.05, 3.63) is 28.7 Å². The maximum atomic E-state index is 12.7. The Morgan fingerprint density at radius 2 is 2.00 bits per heavy atom. The van der Waals surface area contributed by atoms with Crippen LogP contribution in [0, 0.1) is 0 Å². The zero-order valence-corrected chi connectivity index (χ0v) is 8.81. The molecule has 1 aromatic rings. The number of benzene rings is 1. The SMILES string of the molecule is O=C(O)C(F)Sc1ccc(Br)cc1. The number of rotatable bonds is 3. The molecule has 2 nitrogen and oxygen atoms in total. The molecular formula is C8H6BrFO2S. The highest BCUT2D eigenvalue weighted by Gasteiger charge is 2.16. The number of hydrogen-bond acceptors (Lipinski definition) is 2. The Kier molecular flexibility index (Phi) is 3.74. The molecule has 0 aromatic heterocycles. The second-order valence-electron chi connectivity index (χ2n) is 2.23. The van der Waals surface area contributed by atoms with Gasteiger partial charge in [-0.2, -0.15) is 0 Å². The zero-order chi connectivity index (χ0) is 9.84. The molecule has 0 bridgehead atoms. The zero-order valence-electron chi connectivity index (χ0n) is 6.41. The number of carboxylic acid groups (broad SMARTS) is 1. The summed E-state index contributed by atoms with van der Waals surface area (Å²) in [5, 5.41) is 8.29. The van der Waals surface area contributed by atoms with E-state index in [4.69, 9.17) is 5.11 Å². The molecule has 1 N–H and O–H groups in total. The molecule has 0 radical (unpaired) electrons. The Morgan fingerprint density at radius 3 is 2.46 bits per heavy atom. The van der Waals surface area contributed by atoms with Crippen molar-refractivity contribution in [1.29, 1.82) is 0 Å². The lowest BCUT2D eigenvalue weighted by molar-refractivity contribution is -0.139.